The summed E-state index contributed by atoms with van der Waals surface area (Å²) in [6, 6.07) is 14.2. The molecule has 2 aromatic carbocycles. The average molecular weight is 420 g/mol. The highest BCUT2D eigenvalue weighted by Gasteiger charge is 2.12. The highest BCUT2D eigenvalue weighted by Crippen LogP contribution is 2.22. The van der Waals surface area contributed by atoms with Gasteiger partial charge in [0.2, 0.25) is 5.91 Å². The normalized spacial score (nSPS) is 10.4. The standard InChI is InChI=1S/C19H15Cl2N3O2S/c20-13-7-5-12(6-8-13)9-14-10-23-19(27-14)24-17(25)11-22-18(26)15-3-1-2-4-16(15)21/h1-8,10H,9,11H2,(H,22,26)(H,23,24,25). The van der Waals surface area contributed by atoms with Crippen LogP contribution in [-0.4, -0.2) is 23.3 Å². The molecule has 0 saturated heterocycles. The first kappa shape index (κ1) is 19.4. The summed E-state index contributed by atoms with van der Waals surface area (Å²) in [5, 5.41) is 6.73. The fourth-order valence-electron chi connectivity index (χ4n) is 2.32. The fraction of sp³-hybridized carbons (Fsp3) is 0.105. The lowest BCUT2D eigenvalue weighted by Crippen LogP contribution is -2.32. The van der Waals surface area contributed by atoms with Crippen LogP contribution in [0.15, 0.2) is 54.7 Å². The maximum atomic E-state index is 12.1. The van der Waals surface area contributed by atoms with Crippen molar-refractivity contribution in [2.24, 2.45) is 0 Å². The van der Waals surface area contributed by atoms with Crippen LogP contribution in [0.5, 0.6) is 0 Å². The summed E-state index contributed by atoms with van der Waals surface area (Å²) in [5.41, 5.74) is 1.43. The third-order valence-corrected chi connectivity index (χ3v) is 5.11. The molecule has 3 aromatic rings. The van der Waals surface area contributed by atoms with Crippen molar-refractivity contribution in [3.63, 3.8) is 0 Å². The first-order chi connectivity index (χ1) is 13.0. The molecular formula is C19H15Cl2N3O2S. The third-order valence-electron chi connectivity index (χ3n) is 3.62. The average Bonchev–Trinajstić information content (AvgIpc) is 3.09. The number of nitrogens with one attached hydrogen (secondary N) is 2. The van der Waals surface area contributed by atoms with Crippen LogP contribution in [0.4, 0.5) is 5.13 Å². The Hall–Kier alpha value is -2.41. The largest absolute Gasteiger partial charge is 0.343 e. The molecule has 0 aliphatic carbocycles. The minimum Gasteiger partial charge on any atom is -0.343 e. The molecule has 0 aliphatic rings. The Labute approximate surface area is 170 Å². The first-order valence-electron chi connectivity index (χ1n) is 8.03. The van der Waals surface area contributed by atoms with Crippen LogP contribution in [0.2, 0.25) is 10.0 Å². The van der Waals surface area contributed by atoms with Crippen LogP contribution in [0.3, 0.4) is 0 Å². The van der Waals surface area contributed by atoms with Gasteiger partial charge in [0.1, 0.15) is 0 Å². The van der Waals surface area contributed by atoms with E-state index in [2.05, 4.69) is 15.6 Å². The van der Waals surface area contributed by atoms with Crippen molar-refractivity contribution in [1.82, 2.24) is 10.3 Å². The van der Waals surface area contributed by atoms with Gasteiger partial charge in [-0.25, -0.2) is 4.98 Å². The second kappa shape index (κ2) is 8.99. The van der Waals surface area contributed by atoms with Crippen molar-refractivity contribution in [2.75, 3.05) is 11.9 Å². The van der Waals surface area contributed by atoms with Gasteiger partial charge in [0, 0.05) is 22.5 Å². The van der Waals surface area contributed by atoms with Crippen LogP contribution >= 0.6 is 34.5 Å². The Kier molecular flexibility index (Phi) is 6.45. The highest BCUT2D eigenvalue weighted by atomic mass is 35.5. The molecular weight excluding hydrogens is 405 g/mol. The van der Waals surface area contributed by atoms with E-state index >= 15 is 0 Å². The number of hydrogen-bond acceptors (Lipinski definition) is 4. The minimum absolute atomic E-state index is 0.170. The van der Waals surface area contributed by atoms with Crippen molar-refractivity contribution in [3.05, 3.63) is 80.8 Å². The van der Waals surface area contributed by atoms with Crippen molar-refractivity contribution in [3.8, 4) is 0 Å². The maximum absolute atomic E-state index is 12.1. The molecule has 3 rings (SSSR count). The Morgan fingerprint density at radius 2 is 1.78 bits per heavy atom. The van der Waals surface area contributed by atoms with Crippen molar-refractivity contribution in [2.45, 2.75) is 6.42 Å². The molecule has 0 aliphatic heterocycles. The zero-order valence-corrected chi connectivity index (χ0v) is 16.4. The van der Waals surface area contributed by atoms with Gasteiger partial charge in [-0.3, -0.25) is 9.59 Å². The van der Waals surface area contributed by atoms with Gasteiger partial charge in [-0.1, -0.05) is 47.5 Å². The topological polar surface area (TPSA) is 71.1 Å². The molecule has 2 N–H and O–H groups in total. The maximum Gasteiger partial charge on any atom is 0.253 e. The molecule has 0 saturated carbocycles. The van der Waals surface area contributed by atoms with E-state index in [4.69, 9.17) is 23.2 Å². The molecule has 5 nitrogen and oxygen atoms in total. The Morgan fingerprint density at radius 1 is 1.04 bits per heavy atom. The predicted octanol–water partition coefficient (Wildman–Crippen LogP) is 4.41. The predicted molar refractivity (Wildman–Crippen MR) is 109 cm³/mol. The molecule has 0 bridgehead atoms. The molecule has 0 unspecified atom stereocenters. The van der Waals surface area contributed by atoms with Crippen molar-refractivity contribution < 1.29 is 9.59 Å². The number of aromatic nitrogens is 1. The summed E-state index contributed by atoms with van der Waals surface area (Å²) < 4.78 is 0. The van der Waals surface area contributed by atoms with Crippen LogP contribution in [0.1, 0.15) is 20.8 Å². The highest BCUT2D eigenvalue weighted by molar-refractivity contribution is 7.15. The van der Waals surface area contributed by atoms with E-state index in [1.807, 2.05) is 24.3 Å². The number of carbonyl (C=O) groups excluding carboxylic acids is 2. The molecule has 1 aromatic heterocycles. The van der Waals surface area contributed by atoms with Crippen molar-refractivity contribution >= 4 is 51.5 Å². The molecule has 0 atom stereocenters. The second-order valence-electron chi connectivity index (χ2n) is 5.65. The van der Waals surface area contributed by atoms with E-state index in [9.17, 15) is 9.59 Å². The monoisotopic (exact) mass is 419 g/mol. The van der Waals surface area contributed by atoms with Gasteiger partial charge < -0.3 is 10.6 Å². The lowest BCUT2D eigenvalue weighted by molar-refractivity contribution is -0.115. The number of nitrogens with zero attached hydrogens (tertiary/aromatic N) is 1. The first-order valence-corrected chi connectivity index (χ1v) is 9.60. The minimum atomic E-state index is -0.404. The summed E-state index contributed by atoms with van der Waals surface area (Å²) >= 11 is 13.2. The smallest absolute Gasteiger partial charge is 0.253 e. The van der Waals surface area contributed by atoms with Crippen LogP contribution in [0.25, 0.3) is 0 Å². The van der Waals surface area contributed by atoms with E-state index < -0.39 is 5.91 Å². The number of hydrogen-bond donors (Lipinski definition) is 2. The molecule has 8 heteroatoms. The lowest BCUT2D eigenvalue weighted by Gasteiger charge is -2.06. The van der Waals surface area contributed by atoms with E-state index in [0.717, 1.165) is 10.4 Å². The van der Waals surface area contributed by atoms with Gasteiger partial charge in [0.15, 0.2) is 5.13 Å². The summed E-state index contributed by atoms with van der Waals surface area (Å²) in [6.07, 6.45) is 2.42. The summed E-state index contributed by atoms with van der Waals surface area (Å²) in [7, 11) is 0. The van der Waals surface area contributed by atoms with E-state index in [-0.39, 0.29) is 12.5 Å². The zero-order valence-electron chi connectivity index (χ0n) is 14.0. The van der Waals surface area contributed by atoms with Gasteiger partial charge in [-0.2, -0.15) is 0 Å². The van der Waals surface area contributed by atoms with Gasteiger partial charge in [-0.15, -0.1) is 11.3 Å². The number of thiazole rings is 1. The number of benzene rings is 2. The summed E-state index contributed by atoms with van der Waals surface area (Å²) in [6.45, 7) is -0.170. The Bertz CT molecular complexity index is 958. The number of anilines is 1. The number of amides is 2. The van der Waals surface area contributed by atoms with Gasteiger partial charge >= 0.3 is 0 Å². The molecule has 0 fully saturated rings. The second-order valence-corrected chi connectivity index (χ2v) is 7.60. The van der Waals surface area contributed by atoms with Gasteiger partial charge in [0.05, 0.1) is 17.1 Å². The zero-order chi connectivity index (χ0) is 19.2. The van der Waals surface area contributed by atoms with E-state index in [0.29, 0.717) is 27.2 Å². The van der Waals surface area contributed by atoms with Gasteiger partial charge in [0.25, 0.3) is 5.91 Å². The lowest BCUT2D eigenvalue weighted by atomic mass is 10.1. The van der Waals surface area contributed by atoms with Crippen molar-refractivity contribution in [1.29, 1.82) is 0 Å². The molecule has 27 heavy (non-hydrogen) atoms. The van der Waals surface area contributed by atoms with E-state index in [1.54, 1.807) is 30.5 Å². The summed E-state index contributed by atoms with van der Waals surface area (Å²) in [5.74, 6) is -0.763. The van der Waals surface area contributed by atoms with Crippen LogP contribution < -0.4 is 10.6 Å². The number of halogens is 2. The third kappa shape index (κ3) is 5.53. The Balaban J connectivity index is 1.51. The quantitative estimate of drug-likeness (QED) is 0.621. The van der Waals surface area contributed by atoms with Gasteiger partial charge in [-0.05, 0) is 29.8 Å². The molecule has 1 heterocycles. The summed E-state index contributed by atoms with van der Waals surface area (Å²) in [4.78, 5) is 29.3. The van der Waals surface area contributed by atoms with Crippen LogP contribution in [0, 0.1) is 0 Å². The molecule has 138 valence electrons. The van der Waals surface area contributed by atoms with E-state index in [1.165, 1.54) is 11.3 Å². The number of carbonyl (C=O) groups is 2. The fourth-order valence-corrected chi connectivity index (χ4v) is 3.53. The molecule has 0 radical (unpaired) electrons. The SMILES string of the molecule is O=C(CNC(=O)c1ccccc1Cl)Nc1ncc(Cc2ccc(Cl)cc2)s1. The number of rotatable bonds is 6. The molecule has 0 spiro atoms. The Morgan fingerprint density at radius 3 is 2.52 bits per heavy atom. The van der Waals surface area contributed by atoms with Crippen LogP contribution in [-0.2, 0) is 11.2 Å². The molecule has 2 amide bonds.